The van der Waals surface area contributed by atoms with Crippen molar-refractivity contribution in [3.63, 3.8) is 0 Å². The number of anilines is 1. The number of rotatable bonds is 3. The van der Waals surface area contributed by atoms with Crippen LogP contribution in [0.4, 0.5) is 11.4 Å². The molecule has 1 atom stereocenters. The molecule has 1 fully saturated rings. The highest BCUT2D eigenvalue weighted by Gasteiger charge is 2.26. The van der Waals surface area contributed by atoms with E-state index in [0.717, 1.165) is 0 Å². The topological polar surface area (TPSA) is 92.7 Å². The molecule has 108 valence electrons. The minimum Gasteiger partial charge on any atom is -0.362 e. The number of hydrogen-bond acceptors (Lipinski definition) is 5. The van der Waals surface area contributed by atoms with Gasteiger partial charge in [0.25, 0.3) is 5.69 Å². The summed E-state index contributed by atoms with van der Waals surface area (Å²) in [6, 6.07) is 6.16. The lowest BCUT2D eigenvalue weighted by Crippen LogP contribution is -2.52. The van der Waals surface area contributed by atoms with E-state index in [0.29, 0.717) is 31.9 Å². The number of para-hydroxylation sites is 2. The molecule has 0 spiro atoms. The van der Waals surface area contributed by atoms with Crippen molar-refractivity contribution in [1.82, 2.24) is 4.90 Å². The zero-order valence-corrected chi connectivity index (χ0v) is 11.4. The molecule has 0 radical (unpaired) electrons. The van der Waals surface area contributed by atoms with Crippen molar-refractivity contribution in [2.45, 2.75) is 13.0 Å². The quantitative estimate of drug-likeness (QED) is 0.645. The van der Waals surface area contributed by atoms with Crippen LogP contribution >= 0.6 is 0 Å². The van der Waals surface area contributed by atoms with Crippen molar-refractivity contribution in [2.24, 2.45) is 5.73 Å². The Morgan fingerprint density at radius 1 is 1.30 bits per heavy atom. The van der Waals surface area contributed by atoms with E-state index >= 15 is 0 Å². The van der Waals surface area contributed by atoms with E-state index in [1.165, 1.54) is 6.07 Å². The Bertz CT molecular complexity index is 510. The number of amides is 1. The summed E-state index contributed by atoms with van der Waals surface area (Å²) < 4.78 is 0. The van der Waals surface area contributed by atoms with Crippen LogP contribution in [0.15, 0.2) is 24.3 Å². The number of hydrogen-bond donors (Lipinski definition) is 1. The van der Waals surface area contributed by atoms with Gasteiger partial charge >= 0.3 is 0 Å². The first kappa shape index (κ1) is 14.3. The van der Waals surface area contributed by atoms with Gasteiger partial charge in [-0.2, -0.15) is 0 Å². The molecule has 1 aromatic rings. The lowest BCUT2D eigenvalue weighted by atomic mass is 10.2. The van der Waals surface area contributed by atoms with Gasteiger partial charge in [-0.3, -0.25) is 14.9 Å². The van der Waals surface area contributed by atoms with Crippen molar-refractivity contribution in [1.29, 1.82) is 0 Å². The monoisotopic (exact) mass is 278 g/mol. The summed E-state index contributed by atoms with van der Waals surface area (Å²) in [4.78, 5) is 26.1. The molecular formula is C13H18N4O3. The zero-order chi connectivity index (χ0) is 14.7. The van der Waals surface area contributed by atoms with Crippen molar-refractivity contribution >= 4 is 17.3 Å². The van der Waals surface area contributed by atoms with Crippen LogP contribution < -0.4 is 10.6 Å². The van der Waals surface area contributed by atoms with Crippen LogP contribution in [-0.4, -0.2) is 48.0 Å². The summed E-state index contributed by atoms with van der Waals surface area (Å²) in [5.41, 5.74) is 6.28. The third-order valence-corrected chi connectivity index (χ3v) is 3.40. The highest BCUT2D eigenvalue weighted by Crippen LogP contribution is 2.28. The third kappa shape index (κ3) is 2.88. The molecule has 0 saturated carbocycles. The summed E-state index contributed by atoms with van der Waals surface area (Å²) in [5, 5.41) is 11.0. The Morgan fingerprint density at radius 3 is 2.45 bits per heavy atom. The smallest absolute Gasteiger partial charge is 0.292 e. The summed E-state index contributed by atoms with van der Waals surface area (Å²) in [5.74, 6) is -0.0767. The largest absolute Gasteiger partial charge is 0.362 e. The molecule has 20 heavy (non-hydrogen) atoms. The van der Waals surface area contributed by atoms with E-state index in [2.05, 4.69) is 0 Å². The van der Waals surface area contributed by atoms with Gasteiger partial charge in [0.15, 0.2) is 0 Å². The lowest BCUT2D eigenvalue weighted by Gasteiger charge is -2.36. The molecule has 1 aromatic carbocycles. The van der Waals surface area contributed by atoms with Crippen molar-refractivity contribution < 1.29 is 9.72 Å². The van der Waals surface area contributed by atoms with E-state index in [-0.39, 0.29) is 16.5 Å². The van der Waals surface area contributed by atoms with Crippen molar-refractivity contribution in [2.75, 3.05) is 31.1 Å². The molecule has 7 heteroatoms. The molecule has 1 amide bonds. The average molecular weight is 278 g/mol. The molecule has 0 unspecified atom stereocenters. The fraction of sp³-hybridized carbons (Fsp3) is 0.462. The van der Waals surface area contributed by atoms with E-state index in [9.17, 15) is 14.9 Å². The Hall–Kier alpha value is -2.15. The molecular weight excluding hydrogens is 260 g/mol. The van der Waals surface area contributed by atoms with Crippen molar-refractivity contribution in [3.8, 4) is 0 Å². The van der Waals surface area contributed by atoms with Crippen LogP contribution in [0.3, 0.4) is 0 Å². The number of nitro benzene ring substituents is 1. The number of piperazine rings is 1. The third-order valence-electron chi connectivity index (χ3n) is 3.40. The van der Waals surface area contributed by atoms with Crippen LogP contribution in [0.1, 0.15) is 6.92 Å². The normalized spacial score (nSPS) is 16.9. The first-order chi connectivity index (χ1) is 9.50. The Morgan fingerprint density at radius 2 is 1.90 bits per heavy atom. The van der Waals surface area contributed by atoms with Gasteiger partial charge in [-0.1, -0.05) is 12.1 Å². The number of nitrogens with zero attached hydrogens (tertiary/aromatic N) is 3. The molecule has 7 nitrogen and oxygen atoms in total. The lowest BCUT2D eigenvalue weighted by molar-refractivity contribution is -0.384. The van der Waals surface area contributed by atoms with Gasteiger partial charge in [-0.25, -0.2) is 0 Å². The number of nitrogens with two attached hydrogens (primary N) is 1. The molecule has 1 saturated heterocycles. The maximum atomic E-state index is 11.8. The van der Waals surface area contributed by atoms with E-state index in [1.807, 2.05) is 4.90 Å². The first-order valence-corrected chi connectivity index (χ1v) is 6.53. The summed E-state index contributed by atoms with van der Waals surface area (Å²) in [6.07, 6.45) is 0. The average Bonchev–Trinajstić information content (AvgIpc) is 2.46. The number of carbonyl (C=O) groups excluding carboxylic acids is 1. The van der Waals surface area contributed by atoms with E-state index in [4.69, 9.17) is 5.73 Å². The molecule has 0 bridgehead atoms. The highest BCUT2D eigenvalue weighted by molar-refractivity contribution is 5.81. The standard InChI is InChI=1S/C13H18N4O3/c1-10(14)13(18)16-8-6-15(7-9-16)11-4-2-3-5-12(11)17(19)20/h2-5,10H,6-9,14H2,1H3/t10-/m0/s1. The van der Waals surface area contributed by atoms with Crippen LogP contribution in [0.2, 0.25) is 0 Å². The summed E-state index contributed by atoms with van der Waals surface area (Å²) in [6.45, 7) is 3.88. The van der Waals surface area contributed by atoms with Gasteiger partial charge in [-0.15, -0.1) is 0 Å². The zero-order valence-electron chi connectivity index (χ0n) is 11.4. The van der Waals surface area contributed by atoms with E-state index < -0.39 is 6.04 Å². The Balaban J connectivity index is 2.08. The van der Waals surface area contributed by atoms with Crippen LogP contribution in [-0.2, 0) is 4.79 Å². The highest BCUT2D eigenvalue weighted by atomic mass is 16.6. The fourth-order valence-corrected chi connectivity index (χ4v) is 2.34. The molecule has 2 rings (SSSR count). The van der Waals surface area contributed by atoms with Gasteiger partial charge in [0.05, 0.1) is 11.0 Å². The van der Waals surface area contributed by atoms with Crippen molar-refractivity contribution in [3.05, 3.63) is 34.4 Å². The molecule has 1 aliphatic heterocycles. The maximum absolute atomic E-state index is 11.8. The number of carbonyl (C=O) groups is 1. The first-order valence-electron chi connectivity index (χ1n) is 6.53. The molecule has 0 aliphatic carbocycles. The molecule has 1 heterocycles. The fourth-order valence-electron chi connectivity index (χ4n) is 2.34. The minimum absolute atomic E-state index is 0.0767. The molecule has 0 aromatic heterocycles. The van der Waals surface area contributed by atoms with Gasteiger partial charge in [0, 0.05) is 32.2 Å². The van der Waals surface area contributed by atoms with Crippen LogP contribution in [0.5, 0.6) is 0 Å². The Labute approximate surface area is 117 Å². The molecule has 1 aliphatic rings. The van der Waals surface area contributed by atoms with Crippen LogP contribution in [0, 0.1) is 10.1 Å². The van der Waals surface area contributed by atoms with Gasteiger partial charge in [-0.05, 0) is 13.0 Å². The maximum Gasteiger partial charge on any atom is 0.292 e. The van der Waals surface area contributed by atoms with Gasteiger partial charge in [0.2, 0.25) is 5.91 Å². The van der Waals surface area contributed by atoms with Gasteiger partial charge < -0.3 is 15.5 Å². The minimum atomic E-state index is -0.507. The number of benzene rings is 1. The molecule has 2 N–H and O–H groups in total. The summed E-state index contributed by atoms with van der Waals surface area (Å²) >= 11 is 0. The predicted octanol–water partition coefficient (Wildman–Crippen LogP) is 0.591. The van der Waals surface area contributed by atoms with Gasteiger partial charge in [0.1, 0.15) is 5.69 Å². The number of nitro groups is 1. The summed E-state index contributed by atoms with van der Waals surface area (Å²) in [7, 11) is 0. The predicted molar refractivity (Wildman–Crippen MR) is 75.5 cm³/mol. The Kier molecular flexibility index (Phi) is 4.19. The second kappa shape index (κ2) is 5.87. The second-order valence-electron chi connectivity index (χ2n) is 4.85. The van der Waals surface area contributed by atoms with Crippen LogP contribution in [0.25, 0.3) is 0 Å². The van der Waals surface area contributed by atoms with E-state index in [1.54, 1.807) is 30.0 Å². The SMILES string of the molecule is C[C@H](N)C(=O)N1CCN(c2ccccc2[N+](=O)[O-])CC1. The second-order valence-corrected chi connectivity index (χ2v) is 4.85.